The van der Waals surface area contributed by atoms with E-state index in [4.69, 9.17) is 9.47 Å². The van der Waals surface area contributed by atoms with Crippen molar-refractivity contribution >= 4 is 11.9 Å². The van der Waals surface area contributed by atoms with Crippen LogP contribution in [0.25, 0.3) is 0 Å². The first-order valence-electron chi connectivity index (χ1n) is 25.1. The summed E-state index contributed by atoms with van der Waals surface area (Å²) in [7, 11) is 0. The van der Waals surface area contributed by atoms with Crippen LogP contribution in [0.2, 0.25) is 0 Å². The van der Waals surface area contributed by atoms with Crippen molar-refractivity contribution in [3.63, 3.8) is 0 Å². The van der Waals surface area contributed by atoms with Crippen molar-refractivity contribution in [1.29, 1.82) is 0 Å². The number of rotatable bonds is 44. The SMILES string of the molecule is CC/C=C\C/C=C\C/C=C\C/C=C\C/C=C\CCCCCCCCCCCC(=O)OC(CO)COC(=O)CCCCCCCCC/C=C\C/C=C\C/C=C\C/C=C\C/C=C\CC. The van der Waals surface area contributed by atoms with E-state index in [1.165, 1.54) is 64.2 Å². The molecule has 62 heavy (non-hydrogen) atoms. The molecule has 0 aliphatic rings. The third-order valence-corrected chi connectivity index (χ3v) is 10.3. The lowest BCUT2D eigenvalue weighted by molar-refractivity contribution is -0.161. The monoisotopic (exact) mass is 857 g/mol. The van der Waals surface area contributed by atoms with Crippen molar-refractivity contribution in [2.75, 3.05) is 13.2 Å². The van der Waals surface area contributed by atoms with E-state index in [1.54, 1.807) is 0 Å². The number of carbonyl (C=O) groups excluding carboxylic acids is 2. The highest BCUT2D eigenvalue weighted by molar-refractivity contribution is 5.70. The van der Waals surface area contributed by atoms with Gasteiger partial charge in [0.25, 0.3) is 0 Å². The number of ether oxygens (including phenoxy) is 2. The predicted octanol–water partition coefficient (Wildman–Crippen LogP) is 16.7. The number of aliphatic hydroxyl groups excluding tert-OH is 1. The van der Waals surface area contributed by atoms with Crippen LogP contribution in [0.15, 0.2) is 122 Å². The maximum atomic E-state index is 12.3. The molecule has 1 N–H and O–H groups in total. The van der Waals surface area contributed by atoms with Gasteiger partial charge in [0.05, 0.1) is 6.61 Å². The van der Waals surface area contributed by atoms with Crippen molar-refractivity contribution in [3.05, 3.63) is 122 Å². The second-order valence-electron chi connectivity index (χ2n) is 16.1. The number of hydrogen-bond donors (Lipinski definition) is 1. The van der Waals surface area contributed by atoms with Gasteiger partial charge in [-0.2, -0.15) is 0 Å². The number of allylic oxidation sites excluding steroid dienone is 20. The number of aliphatic hydroxyl groups is 1. The van der Waals surface area contributed by atoms with Crippen molar-refractivity contribution < 1.29 is 24.2 Å². The molecule has 0 heterocycles. The molecule has 1 unspecified atom stereocenters. The van der Waals surface area contributed by atoms with Gasteiger partial charge in [0.1, 0.15) is 6.61 Å². The molecule has 1 atom stereocenters. The summed E-state index contributed by atoms with van der Waals surface area (Å²) < 4.78 is 10.7. The Balaban J connectivity index is 3.60. The van der Waals surface area contributed by atoms with Crippen LogP contribution in [-0.4, -0.2) is 36.4 Å². The van der Waals surface area contributed by atoms with Gasteiger partial charge in [-0.3, -0.25) is 9.59 Å². The zero-order valence-corrected chi connectivity index (χ0v) is 39.8. The van der Waals surface area contributed by atoms with Gasteiger partial charge >= 0.3 is 11.9 Å². The first kappa shape index (κ1) is 58.3. The standard InChI is InChI=1S/C57H92O5/c1-3-5-7-9-11-13-15-17-19-21-23-25-27-28-30-32-34-36-38-40-42-44-46-48-50-52-57(60)62-55(53-58)54-61-56(59)51-49-47-45-43-41-39-37-35-33-31-29-26-24-22-20-18-16-14-12-10-8-6-4-2/h5-8,11-14,17-20,23-26,28,30-31,33,55,58H,3-4,9-10,15-16,21-22,27,29,32,34-54H2,1-2H3/b7-5-,8-6-,13-11-,14-12-,19-17-,20-18-,25-23-,26-24-,30-28-,33-31-. The third-order valence-electron chi connectivity index (χ3n) is 10.3. The number of esters is 2. The van der Waals surface area contributed by atoms with Crippen LogP contribution in [0, 0.1) is 0 Å². The molecular formula is C57H92O5. The number of carbonyl (C=O) groups is 2. The molecule has 0 aliphatic carbocycles. The minimum absolute atomic E-state index is 0.0821. The lowest BCUT2D eigenvalue weighted by atomic mass is 10.1. The van der Waals surface area contributed by atoms with Gasteiger partial charge in [-0.1, -0.05) is 212 Å². The van der Waals surface area contributed by atoms with Gasteiger partial charge in [0.15, 0.2) is 6.10 Å². The van der Waals surface area contributed by atoms with Crippen molar-refractivity contribution in [2.45, 2.75) is 213 Å². The zero-order chi connectivity index (χ0) is 44.9. The number of unbranched alkanes of at least 4 members (excludes halogenated alkanes) is 16. The second kappa shape index (κ2) is 51.6. The molecule has 0 radical (unpaired) electrons. The van der Waals surface area contributed by atoms with Gasteiger partial charge in [-0.15, -0.1) is 0 Å². The fraction of sp³-hybridized carbons (Fsp3) is 0.614. The molecule has 0 aromatic rings. The lowest BCUT2D eigenvalue weighted by Gasteiger charge is -2.15. The summed E-state index contributed by atoms with van der Waals surface area (Å²) in [4.78, 5) is 24.5. The van der Waals surface area contributed by atoms with E-state index < -0.39 is 6.10 Å². The van der Waals surface area contributed by atoms with Crippen LogP contribution in [0.3, 0.4) is 0 Å². The Morgan fingerprint density at radius 3 is 0.968 bits per heavy atom. The smallest absolute Gasteiger partial charge is 0.306 e. The minimum Gasteiger partial charge on any atom is -0.462 e. The quantitative estimate of drug-likeness (QED) is 0.0375. The summed E-state index contributed by atoms with van der Waals surface area (Å²) in [6.07, 6.45) is 75.6. The Hall–Kier alpha value is -3.70. The van der Waals surface area contributed by atoms with Gasteiger partial charge in [0.2, 0.25) is 0 Å². The highest BCUT2D eigenvalue weighted by Gasteiger charge is 2.16. The molecule has 0 saturated carbocycles. The Labute approximate surface area is 382 Å². The molecular weight excluding hydrogens is 765 g/mol. The molecule has 0 spiro atoms. The molecule has 0 aliphatic heterocycles. The molecule has 0 aromatic carbocycles. The number of hydrogen-bond acceptors (Lipinski definition) is 5. The summed E-state index contributed by atoms with van der Waals surface area (Å²) in [5, 5.41) is 9.63. The maximum absolute atomic E-state index is 12.3. The molecule has 0 aromatic heterocycles. The van der Waals surface area contributed by atoms with E-state index in [1.807, 2.05) is 0 Å². The predicted molar refractivity (Wildman–Crippen MR) is 269 cm³/mol. The van der Waals surface area contributed by atoms with E-state index in [2.05, 4.69) is 135 Å². The molecule has 0 bridgehead atoms. The highest BCUT2D eigenvalue weighted by Crippen LogP contribution is 2.14. The van der Waals surface area contributed by atoms with Crippen LogP contribution in [0.5, 0.6) is 0 Å². The third kappa shape index (κ3) is 49.0. The minimum atomic E-state index is -0.790. The molecule has 0 fully saturated rings. The fourth-order valence-electron chi connectivity index (χ4n) is 6.55. The van der Waals surface area contributed by atoms with Gasteiger partial charge in [-0.05, 0) is 103 Å². The summed E-state index contributed by atoms with van der Waals surface area (Å²) in [5.74, 6) is -0.618. The molecule has 5 nitrogen and oxygen atoms in total. The van der Waals surface area contributed by atoms with E-state index in [0.29, 0.717) is 12.8 Å². The van der Waals surface area contributed by atoms with E-state index in [9.17, 15) is 14.7 Å². The Kier molecular flexibility index (Phi) is 48.6. The van der Waals surface area contributed by atoms with Crippen LogP contribution in [0.1, 0.15) is 206 Å². The Morgan fingerprint density at radius 2 is 0.645 bits per heavy atom. The first-order chi connectivity index (χ1) is 30.6. The van der Waals surface area contributed by atoms with Gasteiger partial charge in [-0.25, -0.2) is 0 Å². The molecule has 0 amide bonds. The average Bonchev–Trinajstić information content (AvgIpc) is 3.28. The van der Waals surface area contributed by atoms with Crippen LogP contribution >= 0.6 is 0 Å². The summed E-state index contributed by atoms with van der Waals surface area (Å²) in [6.45, 7) is 3.89. The van der Waals surface area contributed by atoms with Crippen molar-refractivity contribution in [2.24, 2.45) is 0 Å². The normalized spacial score (nSPS) is 13.3. The Bertz CT molecular complexity index is 1290. The van der Waals surface area contributed by atoms with Crippen LogP contribution < -0.4 is 0 Å². The summed E-state index contributed by atoms with van der Waals surface area (Å²) in [6, 6.07) is 0. The lowest BCUT2D eigenvalue weighted by Crippen LogP contribution is -2.28. The summed E-state index contributed by atoms with van der Waals surface area (Å²) >= 11 is 0. The fourth-order valence-corrected chi connectivity index (χ4v) is 6.55. The van der Waals surface area contributed by atoms with Gasteiger partial charge in [0, 0.05) is 12.8 Å². The molecule has 5 heteroatoms. The topological polar surface area (TPSA) is 72.8 Å². The molecule has 0 rings (SSSR count). The average molecular weight is 857 g/mol. The Morgan fingerprint density at radius 1 is 0.371 bits per heavy atom. The summed E-state index contributed by atoms with van der Waals surface area (Å²) in [5.41, 5.74) is 0. The second-order valence-corrected chi connectivity index (χ2v) is 16.1. The maximum Gasteiger partial charge on any atom is 0.306 e. The molecule has 350 valence electrons. The van der Waals surface area contributed by atoms with E-state index >= 15 is 0 Å². The van der Waals surface area contributed by atoms with Crippen LogP contribution in [0.4, 0.5) is 0 Å². The van der Waals surface area contributed by atoms with Crippen LogP contribution in [-0.2, 0) is 19.1 Å². The largest absolute Gasteiger partial charge is 0.462 e. The highest BCUT2D eigenvalue weighted by atomic mass is 16.6. The first-order valence-corrected chi connectivity index (χ1v) is 25.1. The molecule has 0 saturated heterocycles. The van der Waals surface area contributed by atoms with Crippen molar-refractivity contribution in [3.8, 4) is 0 Å². The van der Waals surface area contributed by atoms with E-state index in [0.717, 1.165) is 116 Å². The van der Waals surface area contributed by atoms with Crippen molar-refractivity contribution in [1.82, 2.24) is 0 Å². The zero-order valence-electron chi connectivity index (χ0n) is 39.8. The van der Waals surface area contributed by atoms with Gasteiger partial charge < -0.3 is 14.6 Å². The van der Waals surface area contributed by atoms with E-state index in [-0.39, 0.29) is 25.2 Å².